The molecule has 0 fully saturated rings. The Kier molecular flexibility index (Phi) is 5.45. The predicted octanol–water partition coefficient (Wildman–Crippen LogP) is 5.13. The van der Waals surface area contributed by atoms with Gasteiger partial charge in [0.1, 0.15) is 11.5 Å². The van der Waals surface area contributed by atoms with Crippen LogP contribution >= 0.6 is 23.4 Å². The molecule has 1 amide bonds. The number of rotatable bonds is 6. The number of fused-ring (bicyclic) bond motifs is 1. The molecule has 0 radical (unpaired) electrons. The second-order valence-electron chi connectivity index (χ2n) is 5.85. The lowest BCUT2D eigenvalue weighted by Gasteiger charge is -2.07. The first kappa shape index (κ1) is 18.3. The highest BCUT2D eigenvalue weighted by Crippen LogP contribution is 2.24. The quantitative estimate of drug-likeness (QED) is 0.430. The average Bonchev–Trinajstić information content (AvgIpc) is 3.11. The van der Waals surface area contributed by atoms with Crippen LogP contribution in [0.25, 0.3) is 11.0 Å². The Morgan fingerprint density at radius 2 is 1.82 bits per heavy atom. The van der Waals surface area contributed by atoms with Gasteiger partial charge < -0.3 is 15.0 Å². The fourth-order valence-electron chi connectivity index (χ4n) is 2.51. The normalized spacial score (nSPS) is 10.8. The van der Waals surface area contributed by atoms with Gasteiger partial charge in [-0.3, -0.25) is 9.78 Å². The molecule has 8 heteroatoms. The van der Waals surface area contributed by atoms with Crippen molar-refractivity contribution in [2.24, 2.45) is 0 Å². The summed E-state index contributed by atoms with van der Waals surface area (Å²) in [6.45, 7) is 0. The van der Waals surface area contributed by atoms with E-state index in [0.717, 1.165) is 11.0 Å². The van der Waals surface area contributed by atoms with Crippen molar-refractivity contribution in [3.05, 3.63) is 72.0 Å². The number of hydrogen-bond acceptors (Lipinski definition) is 5. The Bertz CT molecular complexity index is 1100. The van der Waals surface area contributed by atoms with Gasteiger partial charge in [-0.2, -0.15) is 0 Å². The number of benzene rings is 2. The number of nitrogens with zero attached hydrogens (tertiary/aromatic N) is 2. The number of pyridine rings is 1. The van der Waals surface area contributed by atoms with Crippen molar-refractivity contribution >= 4 is 46.0 Å². The van der Waals surface area contributed by atoms with Crippen molar-refractivity contribution in [2.45, 2.75) is 5.16 Å². The number of carbonyl (C=O) groups excluding carboxylic acids is 1. The molecule has 0 atom stereocenters. The first-order chi connectivity index (χ1) is 13.7. The van der Waals surface area contributed by atoms with Crippen LogP contribution in [-0.2, 0) is 4.79 Å². The zero-order chi connectivity index (χ0) is 19.3. The van der Waals surface area contributed by atoms with Crippen LogP contribution in [0.1, 0.15) is 0 Å². The molecule has 0 aliphatic carbocycles. The fourth-order valence-corrected chi connectivity index (χ4v) is 3.36. The summed E-state index contributed by atoms with van der Waals surface area (Å²) in [7, 11) is 0. The average molecular weight is 411 g/mol. The molecule has 4 rings (SSSR count). The Hall–Kier alpha value is -3.03. The summed E-state index contributed by atoms with van der Waals surface area (Å²) in [5.74, 6) is 1.50. The molecule has 2 aromatic heterocycles. The minimum atomic E-state index is -0.119. The van der Waals surface area contributed by atoms with Gasteiger partial charge in [0.05, 0.1) is 16.8 Å². The fraction of sp³-hybridized carbons (Fsp3) is 0.0500. The van der Waals surface area contributed by atoms with Gasteiger partial charge in [-0.25, -0.2) is 4.98 Å². The maximum absolute atomic E-state index is 12.2. The van der Waals surface area contributed by atoms with Gasteiger partial charge >= 0.3 is 0 Å². The van der Waals surface area contributed by atoms with Crippen molar-refractivity contribution in [3.63, 3.8) is 0 Å². The molecular weight excluding hydrogens is 396 g/mol. The number of hydrogen-bond donors (Lipinski definition) is 2. The molecule has 4 aromatic rings. The van der Waals surface area contributed by atoms with E-state index in [9.17, 15) is 4.79 Å². The number of amides is 1. The number of nitrogens with one attached hydrogen (secondary N) is 2. The number of carbonyl (C=O) groups is 1. The van der Waals surface area contributed by atoms with E-state index in [2.05, 4.69) is 20.3 Å². The first-order valence-corrected chi connectivity index (χ1v) is 9.78. The number of imidazole rings is 1. The summed E-state index contributed by atoms with van der Waals surface area (Å²) in [4.78, 5) is 23.7. The highest BCUT2D eigenvalue weighted by molar-refractivity contribution is 7.99. The zero-order valence-corrected chi connectivity index (χ0v) is 16.1. The van der Waals surface area contributed by atoms with Crippen molar-refractivity contribution < 1.29 is 9.53 Å². The summed E-state index contributed by atoms with van der Waals surface area (Å²) >= 11 is 7.30. The van der Waals surface area contributed by atoms with E-state index in [-0.39, 0.29) is 11.7 Å². The number of aromatic amines is 1. The highest BCUT2D eigenvalue weighted by atomic mass is 35.5. The topological polar surface area (TPSA) is 79.9 Å². The minimum absolute atomic E-state index is 0.119. The number of anilines is 1. The highest BCUT2D eigenvalue weighted by Gasteiger charge is 2.08. The number of thioether (sulfide) groups is 1. The van der Waals surface area contributed by atoms with Crippen molar-refractivity contribution in [1.29, 1.82) is 0 Å². The Morgan fingerprint density at radius 3 is 2.61 bits per heavy atom. The molecule has 2 aromatic carbocycles. The zero-order valence-electron chi connectivity index (χ0n) is 14.6. The Morgan fingerprint density at radius 1 is 1.07 bits per heavy atom. The molecule has 0 bridgehead atoms. The molecule has 2 N–H and O–H groups in total. The van der Waals surface area contributed by atoms with Gasteiger partial charge in [-0.1, -0.05) is 23.4 Å². The lowest BCUT2D eigenvalue weighted by molar-refractivity contribution is -0.113. The van der Waals surface area contributed by atoms with Crippen molar-refractivity contribution in [2.75, 3.05) is 11.1 Å². The monoisotopic (exact) mass is 410 g/mol. The third kappa shape index (κ3) is 4.62. The number of aromatic nitrogens is 3. The van der Waals surface area contributed by atoms with E-state index in [1.165, 1.54) is 11.8 Å². The molecule has 0 saturated heterocycles. The third-order valence-corrected chi connectivity index (χ3v) is 4.89. The van der Waals surface area contributed by atoms with E-state index < -0.39 is 0 Å². The Labute approximate surface area is 170 Å². The van der Waals surface area contributed by atoms with Crippen LogP contribution in [0.2, 0.25) is 5.02 Å². The molecular formula is C20H15ClN4O2S. The first-order valence-electron chi connectivity index (χ1n) is 8.41. The molecule has 6 nitrogen and oxygen atoms in total. The van der Waals surface area contributed by atoms with E-state index in [0.29, 0.717) is 27.4 Å². The van der Waals surface area contributed by atoms with Crippen LogP contribution in [-0.4, -0.2) is 26.6 Å². The maximum atomic E-state index is 12.2. The number of H-pyrrole nitrogens is 1. The second-order valence-corrected chi connectivity index (χ2v) is 7.25. The summed E-state index contributed by atoms with van der Waals surface area (Å²) in [5, 5.41) is 4.17. The molecule has 0 aliphatic rings. The maximum Gasteiger partial charge on any atom is 0.234 e. The summed E-state index contributed by atoms with van der Waals surface area (Å²) in [6, 6.07) is 16.2. The van der Waals surface area contributed by atoms with Gasteiger partial charge in [0.2, 0.25) is 5.91 Å². The summed E-state index contributed by atoms with van der Waals surface area (Å²) in [5.41, 5.74) is 2.36. The summed E-state index contributed by atoms with van der Waals surface area (Å²) in [6.07, 6.45) is 3.33. The van der Waals surface area contributed by atoms with Crippen molar-refractivity contribution in [1.82, 2.24) is 15.0 Å². The molecule has 0 unspecified atom stereocenters. The predicted molar refractivity (Wildman–Crippen MR) is 111 cm³/mol. The van der Waals surface area contributed by atoms with Crippen LogP contribution in [0.15, 0.2) is 72.1 Å². The Balaban J connectivity index is 1.31. The number of halogens is 1. The molecule has 140 valence electrons. The molecule has 0 spiro atoms. The molecule has 2 heterocycles. The van der Waals surface area contributed by atoms with E-state index >= 15 is 0 Å². The lowest BCUT2D eigenvalue weighted by Crippen LogP contribution is -2.13. The van der Waals surface area contributed by atoms with E-state index in [4.69, 9.17) is 16.3 Å². The van der Waals surface area contributed by atoms with E-state index in [1.54, 1.807) is 54.9 Å². The van der Waals surface area contributed by atoms with Gasteiger partial charge in [0, 0.05) is 23.1 Å². The van der Waals surface area contributed by atoms with Gasteiger partial charge in [-0.15, -0.1) is 0 Å². The second kappa shape index (κ2) is 8.33. The van der Waals surface area contributed by atoms with Crippen LogP contribution in [0, 0.1) is 0 Å². The van der Waals surface area contributed by atoms with Crippen molar-refractivity contribution in [3.8, 4) is 11.5 Å². The number of ether oxygens (including phenoxy) is 1. The largest absolute Gasteiger partial charge is 0.457 e. The van der Waals surface area contributed by atoms with Gasteiger partial charge in [0.15, 0.2) is 5.16 Å². The third-order valence-electron chi connectivity index (χ3n) is 3.79. The van der Waals surface area contributed by atoms with E-state index in [1.807, 2.05) is 12.1 Å². The van der Waals surface area contributed by atoms with Crippen LogP contribution in [0.3, 0.4) is 0 Å². The molecule has 28 heavy (non-hydrogen) atoms. The standard InChI is InChI=1S/C20H15ClN4O2S/c21-13-1-6-17-18(11-13)25-20(24-17)28-12-19(26)23-14-2-4-15(5-3-14)27-16-7-9-22-10-8-16/h1-11H,12H2,(H,23,26)(H,24,25). The smallest absolute Gasteiger partial charge is 0.234 e. The SMILES string of the molecule is O=C(CSc1nc2ccc(Cl)cc2[nH]1)Nc1ccc(Oc2ccncc2)cc1. The lowest BCUT2D eigenvalue weighted by atomic mass is 10.3. The molecule has 0 saturated carbocycles. The molecule has 0 aliphatic heterocycles. The minimum Gasteiger partial charge on any atom is -0.457 e. The van der Waals surface area contributed by atoms with Gasteiger partial charge in [0.25, 0.3) is 0 Å². The van der Waals surface area contributed by atoms with Gasteiger partial charge in [-0.05, 0) is 54.6 Å². The van der Waals surface area contributed by atoms with Crippen LogP contribution < -0.4 is 10.1 Å². The van der Waals surface area contributed by atoms with Crippen LogP contribution in [0.5, 0.6) is 11.5 Å². The summed E-state index contributed by atoms with van der Waals surface area (Å²) < 4.78 is 5.70. The van der Waals surface area contributed by atoms with Crippen LogP contribution in [0.4, 0.5) is 5.69 Å².